The van der Waals surface area contributed by atoms with E-state index >= 15 is 0 Å². The van der Waals surface area contributed by atoms with Crippen LogP contribution in [0.5, 0.6) is 0 Å². The number of carbonyl (C=O) groups is 3. The predicted molar refractivity (Wildman–Crippen MR) is 58.4 cm³/mol. The summed E-state index contributed by atoms with van der Waals surface area (Å²) in [5.74, 6) is -1.66. The number of hydrogen-bond acceptors (Lipinski definition) is 4. The molecule has 0 saturated carbocycles. The highest BCUT2D eigenvalue weighted by Crippen LogP contribution is 2.21. The summed E-state index contributed by atoms with van der Waals surface area (Å²) in [5, 5.41) is 8.97. The normalized spacial score (nSPS) is 21.2. The van der Waals surface area contributed by atoms with Crippen LogP contribution in [0.4, 0.5) is 4.79 Å². The summed E-state index contributed by atoms with van der Waals surface area (Å²) < 4.78 is 5.03. The highest BCUT2D eigenvalue weighted by molar-refractivity contribution is 5.97. The second kappa shape index (κ2) is 4.73. The molecule has 6 heteroatoms. The van der Waals surface area contributed by atoms with E-state index in [0.717, 1.165) is 4.90 Å². The SMILES string of the molecule is CC(C)(C)OC(=O)N1C(=O)CCCC1C(=O)O. The molecule has 1 saturated heterocycles. The Morgan fingerprint density at radius 3 is 2.47 bits per heavy atom. The number of carboxylic acids is 1. The molecule has 1 heterocycles. The largest absolute Gasteiger partial charge is 0.480 e. The number of carbonyl (C=O) groups excluding carboxylic acids is 2. The van der Waals surface area contributed by atoms with E-state index in [4.69, 9.17) is 9.84 Å². The van der Waals surface area contributed by atoms with Crippen LogP contribution in [0.3, 0.4) is 0 Å². The third kappa shape index (κ3) is 3.44. The fraction of sp³-hybridized carbons (Fsp3) is 0.727. The summed E-state index contributed by atoms with van der Waals surface area (Å²) in [5.41, 5.74) is -0.752. The van der Waals surface area contributed by atoms with Gasteiger partial charge in [-0.15, -0.1) is 0 Å². The number of piperidine rings is 1. The number of nitrogens with zero attached hydrogens (tertiary/aromatic N) is 1. The lowest BCUT2D eigenvalue weighted by Gasteiger charge is -2.32. The lowest BCUT2D eigenvalue weighted by atomic mass is 10.0. The molecule has 0 bridgehead atoms. The molecule has 17 heavy (non-hydrogen) atoms. The van der Waals surface area contributed by atoms with E-state index in [1.165, 1.54) is 0 Å². The second-order valence-corrected chi connectivity index (χ2v) is 4.99. The maximum Gasteiger partial charge on any atom is 0.417 e. The molecule has 0 spiro atoms. The molecule has 1 aliphatic rings. The number of rotatable bonds is 1. The van der Waals surface area contributed by atoms with Crippen LogP contribution < -0.4 is 0 Å². The molecule has 0 aromatic rings. The molecule has 2 amide bonds. The van der Waals surface area contributed by atoms with Crippen molar-refractivity contribution in [3.63, 3.8) is 0 Å². The summed E-state index contributed by atoms with van der Waals surface area (Å²) in [6.07, 6.45) is 0.0629. The van der Waals surface area contributed by atoms with Crippen molar-refractivity contribution in [2.45, 2.75) is 51.7 Å². The minimum Gasteiger partial charge on any atom is -0.480 e. The van der Waals surface area contributed by atoms with E-state index in [2.05, 4.69) is 0 Å². The number of amides is 2. The maximum absolute atomic E-state index is 11.8. The van der Waals surface area contributed by atoms with Gasteiger partial charge in [0.25, 0.3) is 0 Å². The molecule has 96 valence electrons. The first-order valence-electron chi connectivity index (χ1n) is 5.50. The molecule has 1 fully saturated rings. The lowest BCUT2D eigenvalue weighted by molar-refractivity contribution is -0.152. The van der Waals surface area contributed by atoms with Crippen molar-refractivity contribution in [2.75, 3.05) is 0 Å². The van der Waals surface area contributed by atoms with Gasteiger partial charge in [-0.05, 0) is 33.6 Å². The molecule has 1 aliphatic heterocycles. The summed E-state index contributed by atoms with van der Waals surface area (Å²) >= 11 is 0. The van der Waals surface area contributed by atoms with Gasteiger partial charge in [0.05, 0.1) is 0 Å². The smallest absolute Gasteiger partial charge is 0.417 e. The van der Waals surface area contributed by atoms with Gasteiger partial charge in [0.1, 0.15) is 11.6 Å². The van der Waals surface area contributed by atoms with Crippen molar-refractivity contribution < 1.29 is 24.2 Å². The van der Waals surface area contributed by atoms with Gasteiger partial charge in [0.15, 0.2) is 0 Å². The van der Waals surface area contributed by atoms with Gasteiger partial charge in [-0.3, -0.25) is 4.79 Å². The number of likely N-dealkylation sites (tertiary alicyclic amines) is 1. The Morgan fingerprint density at radius 1 is 1.41 bits per heavy atom. The minimum absolute atomic E-state index is 0.184. The van der Waals surface area contributed by atoms with Crippen molar-refractivity contribution in [2.24, 2.45) is 0 Å². The van der Waals surface area contributed by atoms with Gasteiger partial charge >= 0.3 is 12.1 Å². The van der Waals surface area contributed by atoms with Crippen molar-refractivity contribution in [3.8, 4) is 0 Å². The zero-order valence-corrected chi connectivity index (χ0v) is 10.2. The zero-order chi connectivity index (χ0) is 13.2. The Morgan fingerprint density at radius 2 is 2.00 bits per heavy atom. The second-order valence-electron chi connectivity index (χ2n) is 4.99. The Bertz CT molecular complexity index is 344. The summed E-state index contributed by atoms with van der Waals surface area (Å²) in [7, 11) is 0. The van der Waals surface area contributed by atoms with Gasteiger partial charge in [-0.25, -0.2) is 14.5 Å². The Kier molecular flexibility index (Phi) is 3.75. The van der Waals surface area contributed by atoms with E-state index in [9.17, 15) is 14.4 Å². The van der Waals surface area contributed by atoms with Gasteiger partial charge in [0, 0.05) is 6.42 Å². The van der Waals surface area contributed by atoms with Crippen LogP contribution in [-0.4, -0.2) is 39.6 Å². The zero-order valence-electron chi connectivity index (χ0n) is 10.2. The van der Waals surface area contributed by atoms with E-state index < -0.39 is 29.6 Å². The standard InChI is InChI=1S/C11H17NO5/c1-11(2,3)17-10(16)12-7(9(14)15)5-4-6-8(12)13/h7H,4-6H2,1-3H3,(H,14,15). The molecule has 1 rings (SSSR count). The molecular weight excluding hydrogens is 226 g/mol. The first-order valence-corrected chi connectivity index (χ1v) is 5.50. The van der Waals surface area contributed by atoms with Crippen LogP contribution in [0, 0.1) is 0 Å². The monoisotopic (exact) mass is 243 g/mol. The van der Waals surface area contributed by atoms with Crippen LogP contribution in [-0.2, 0) is 14.3 Å². The molecule has 0 aliphatic carbocycles. The van der Waals surface area contributed by atoms with Gasteiger partial charge in [-0.1, -0.05) is 0 Å². The number of imide groups is 1. The van der Waals surface area contributed by atoms with E-state index in [1.807, 2.05) is 0 Å². The summed E-state index contributed by atoms with van der Waals surface area (Å²) in [4.78, 5) is 35.1. The van der Waals surface area contributed by atoms with Crippen LogP contribution in [0.25, 0.3) is 0 Å². The Balaban J connectivity index is 2.85. The fourth-order valence-corrected chi connectivity index (χ4v) is 1.64. The first-order chi connectivity index (χ1) is 7.72. The predicted octanol–water partition coefficient (Wildman–Crippen LogP) is 1.39. The first kappa shape index (κ1) is 13.5. The summed E-state index contributed by atoms with van der Waals surface area (Å²) in [6.45, 7) is 4.99. The van der Waals surface area contributed by atoms with Crippen LogP contribution in [0.1, 0.15) is 40.0 Å². The van der Waals surface area contributed by atoms with Crippen LogP contribution >= 0.6 is 0 Å². The van der Waals surface area contributed by atoms with E-state index in [0.29, 0.717) is 6.42 Å². The third-order valence-electron chi connectivity index (χ3n) is 2.32. The number of carboxylic acid groups (broad SMARTS) is 1. The highest BCUT2D eigenvalue weighted by atomic mass is 16.6. The van der Waals surface area contributed by atoms with Crippen molar-refractivity contribution in [3.05, 3.63) is 0 Å². The van der Waals surface area contributed by atoms with Crippen molar-refractivity contribution >= 4 is 18.0 Å². The molecule has 1 unspecified atom stereocenters. The third-order valence-corrected chi connectivity index (χ3v) is 2.32. The lowest BCUT2D eigenvalue weighted by Crippen LogP contribution is -2.52. The van der Waals surface area contributed by atoms with Crippen molar-refractivity contribution in [1.29, 1.82) is 0 Å². The quantitative estimate of drug-likeness (QED) is 0.752. The molecule has 1 N–H and O–H groups in total. The number of hydrogen-bond donors (Lipinski definition) is 1. The number of aliphatic carboxylic acids is 1. The minimum atomic E-state index is -1.18. The van der Waals surface area contributed by atoms with Gasteiger partial charge < -0.3 is 9.84 Å². The summed E-state index contributed by atoms with van der Waals surface area (Å²) in [6, 6.07) is -1.11. The molecular formula is C11H17NO5. The number of ether oxygens (including phenoxy) is 1. The van der Waals surface area contributed by atoms with Crippen LogP contribution in [0.15, 0.2) is 0 Å². The topological polar surface area (TPSA) is 83.9 Å². The molecule has 0 aromatic heterocycles. The van der Waals surface area contributed by atoms with Gasteiger partial charge in [0.2, 0.25) is 5.91 Å². The average Bonchev–Trinajstić information content (AvgIpc) is 2.13. The molecule has 6 nitrogen and oxygen atoms in total. The molecule has 0 radical (unpaired) electrons. The molecule has 0 aromatic carbocycles. The average molecular weight is 243 g/mol. The highest BCUT2D eigenvalue weighted by Gasteiger charge is 2.39. The molecule has 1 atom stereocenters. The Labute approximate surface area is 99.5 Å². The maximum atomic E-state index is 11.8. The van der Waals surface area contributed by atoms with E-state index in [1.54, 1.807) is 20.8 Å². The Hall–Kier alpha value is -1.59. The van der Waals surface area contributed by atoms with Crippen LogP contribution in [0.2, 0.25) is 0 Å². The van der Waals surface area contributed by atoms with Crippen molar-refractivity contribution in [1.82, 2.24) is 4.90 Å². The van der Waals surface area contributed by atoms with Gasteiger partial charge in [-0.2, -0.15) is 0 Å². The fourth-order valence-electron chi connectivity index (χ4n) is 1.64. The van der Waals surface area contributed by atoms with E-state index in [-0.39, 0.29) is 12.8 Å².